The van der Waals surface area contributed by atoms with E-state index in [0.29, 0.717) is 12.3 Å². The topological polar surface area (TPSA) is 32.3 Å². The van der Waals surface area contributed by atoms with Gasteiger partial charge in [-0.3, -0.25) is 4.79 Å². The lowest BCUT2D eigenvalue weighted by atomic mass is 9.86. The molecule has 1 heterocycles. The fourth-order valence-corrected chi connectivity index (χ4v) is 1.74. The molecule has 3 nitrogen and oxygen atoms in total. The molecule has 0 unspecified atom stereocenters. The van der Waals surface area contributed by atoms with E-state index in [9.17, 15) is 4.79 Å². The molecule has 0 aromatic rings. The first-order chi connectivity index (χ1) is 7.05. The smallest absolute Gasteiger partial charge is 0.223 e. The average molecular weight is 249 g/mol. The minimum absolute atomic E-state index is 0. The Morgan fingerprint density at radius 3 is 2.62 bits per heavy atom. The van der Waals surface area contributed by atoms with Crippen molar-refractivity contribution in [3.63, 3.8) is 0 Å². The SMILES string of the molecule is CCC(C)(C)CC(=O)N1CCCNCC1.Cl. The molecule has 1 saturated heterocycles. The van der Waals surface area contributed by atoms with E-state index in [4.69, 9.17) is 0 Å². The predicted octanol–water partition coefficient (Wildman–Crippen LogP) is 2.06. The van der Waals surface area contributed by atoms with Crippen molar-refractivity contribution < 1.29 is 4.79 Å². The lowest BCUT2D eigenvalue weighted by Crippen LogP contribution is -2.36. The van der Waals surface area contributed by atoms with Crippen LogP contribution in [0.4, 0.5) is 0 Å². The maximum Gasteiger partial charge on any atom is 0.223 e. The fraction of sp³-hybridized carbons (Fsp3) is 0.917. The maximum absolute atomic E-state index is 12.0. The van der Waals surface area contributed by atoms with E-state index in [1.807, 2.05) is 4.90 Å². The van der Waals surface area contributed by atoms with Gasteiger partial charge in [0.1, 0.15) is 0 Å². The number of carbonyl (C=O) groups is 1. The van der Waals surface area contributed by atoms with Crippen LogP contribution in [0.15, 0.2) is 0 Å². The zero-order valence-corrected chi connectivity index (χ0v) is 11.5. The zero-order valence-electron chi connectivity index (χ0n) is 10.7. The second kappa shape index (κ2) is 7.13. The average Bonchev–Trinajstić information content (AvgIpc) is 2.45. The van der Waals surface area contributed by atoms with Gasteiger partial charge in [0, 0.05) is 26.1 Å². The molecule has 4 heteroatoms. The summed E-state index contributed by atoms with van der Waals surface area (Å²) in [5, 5.41) is 3.32. The van der Waals surface area contributed by atoms with E-state index >= 15 is 0 Å². The summed E-state index contributed by atoms with van der Waals surface area (Å²) in [6.45, 7) is 10.3. The molecule has 0 atom stereocenters. The first kappa shape index (κ1) is 15.7. The molecule has 1 fully saturated rings. The van der Waals surface area contributed by atoms with Crippen LogP contribution in [0, 0.1) is 5.41 Å². The molecule has 1 aliphatic heterocycles. The van der Waals surface area contributed by atoms with Gasteiger partial charge in [-0.25, -0.2) is 0 Å². The molecule has 0 saturated carbocycles. The van der Waals surface area contributed by atoms with Crippen LogP contribution in [0.5, 0.6) is 0 Å². The Bertz CT molecular complexity index is 211. The third-order valence-electron chi connectivity index (χ3n) is 3.28. The molecule has 0 aromatic heterocycles. The minimum atomic E-state index is 0. The number of nitrogens with one attached hydrogen (secondary N) is 1. The van der Waals surface area contributed by atoms with Crippen LogP contribution in [0.3, 0.4) is 0 Å². The second-order valence-corrected chi connectivity index (χ2v) is 5.18. The quantitative estimate of drug-likeness (QED) is 0.829. The molecule has 1 aliphatic rings. The van der Waals surface area contributed by atoms with E-state index < -0.39 is 0 Å². The highest BCUT2D eigenvalue weighted by Gasteiger charge is 2.23. The van der Waals surface area contributed by atoms with Gasteiger partial charge in [0.25, 0.3) is 0 Å². The Kier molecular flexibility index (Phi) is 7.00. The van der Waals surface area contributed by atoms with E-state index in [1.54, 1.807) is 0 Å². The third kappa shape index (κ3) is 5.17. The summed E-state index contributed by atoms with van der Waals surface area (Å²) in [5.74, 6) is 0.325. The van der Waals surface area contributed by atoms with E-state index in [-0.39, 0.29) is 17.8 Å². The summed E-state index contributed by atoms with van der Waals surface area (Å²) in [6, 6.07) is 0. The normalized spacial score (nSPS) is 17.6. The van der Waals surface area contributed by atoms with E-state index in [1.165, 1.54) is 0 Å². The largest absolute Gasteiger partial charge is 0.341 e. The van der Waals surface area contributed by atoms with Crippen LogP contribution in [-0.4, -0.2) is 37.0 Å². The van der Waals surface area contributed by atoms with Crippen molar-refractivity contribution in [1.29, 1.82) is 0 Å². The molecular formula is C12H25ClN2O. The number of amides is 1. The Morgan fingerprint density at radius 2 is 2.00 bits per heavy atom. The summed E-state index contributed by atoms with van der Waals surface area (Å²) in [5.41, 5.74) is 0.150. The summed E-state index contributed by atoms with van der Waals surface area (Å²) in [7, 11) is 0. The van der Waals surface area contributed by atoms with Crippen molar-refractivity contribution >= 4 is 18.3 Å². The fourth-order valence-electron chi connectivity index (χ4n) is 1.74. The van der Waals surface area contributed by atoms with Gasteiger partial charge in [-0.1, -0.05) is 27.2 Å². The molecule has 16 heavy (non-hydrogen) atoms. The van der Waals surface area contributed by atoms with Gasteiger partial charge in [-0.15, -0.1) is 12.4 Å². The monoisotopic (exact) mass is 248 g/mol. The van der Waals surface area contributed by atoms with Gasteiger partial charge in [0.15, 0.2) is 0 Å². The molecule has 0 aromatic carbocycles. The maximum atomic E-state index is 12.0. The molecule has 1 amide bonds. The summed E-state index contributed by atoms with van der Waals surface area (Å²) >= 11 is 0. The van der Waals surface area contributed by atoms with Crippen molar-refractivity contribution in [1.82, 2.24) is 10.2 Å². The Hall–Kier alpha value is -0.280. The highest BCUT2D eigenvalue weighted by molar-refractivity contribution is 5.85. The van der Waals surface area contributed by atoms with Crippen LogP contribution in [0.25, 0.3) is 0 Å². The van der Waals surface area contributed by atoms with Crippen LogP contribution >= 0.6 is 12.4 Å². The lowest BCUT2D eigenvalue weighted by Gasteiger charge is -2.27. The lowest BCUT2D eigenvalue weighted by molar-refractivity contribution is -0.133. The first-order valence-corrected chi connectivity index (χ1v) is 6.04. The molecule has 96 valence electrons. The molecular weight excluding hydrogens is 224 g/mol. The molecule has 1 N–H and O–H groups in total. The molecule has 0 aliphatic carbocycles. The van der Waals surface area contributed by atoms with E-state index in [2.05, 4.69) is 26.1 Å². The van der Waals surface area contributed by atoms with Gasteiger partial charge in [-0.05, 0) is 18.4 Å². The van der Waals surface area contributed by atoms with Crippen molar-refractivity contribution in [2.75, 3.05) is 26.2 Å². The Balaban J connectivity index is 0.00000225. The van der Waals surface area contributed by atoms with Crippen molar-refractivity contribution in [3.05, 3.63) is 0 Å². The van der Waals surface area contributed by atoms with Crippen molar-refractivity contribution in [3.8, 4) is 0 Å². The number of rotatable bonds is 3. The first-order valence-electron chi connectivity index (χ1n) is 6.04. The second-order valence-electron chi connectivity index (χ2n) is 5.18. The van der Waals surface area contributed by atoms with Gasteiger partial charge in [-0.2, -0.15) is 0 Å². The zero-order chi connectivity index (χ0) is 11.3. The standard InChI is InChI=1S/C12H24N2O.ClH/c1-4-12(2,3)10-11(15)14-8-5-6-13-7-9-14;/h13H,4-10H2,1-3H3;1H. The van der Waals surface area contributed by atoms with Crippen LogP contribution in [0.1, 0.15) is 40.0 Å². The van der Waals surface area contributed by atoms with Crippen LogP contribution < -0.4 is 5.32 Å². The van der Waals surface area contributed by atoms with Gasteiger partial charge in [0.2, 0.25) is 5.91 Å². The van der Waals surface area contributed by atoms with Crippen molar-refractivity contribution in [2.45, 2.75) is 40.0 Å². The predicted molar refractivity (Wildman–Crippen MR) is 70.0 cm³/mol. The number of halogens is 1. The highest BCUT2D eigenvalue weighted by atomic mass is 35.5. The van der Waals surface area contributed by atoms with Crippen LogP contribution in [-0.2, 0) is 4.79 Å². The number of hydrogen-bond acceptors (Lipinski definition) is 2. The minimum Gasteiger partial charge on any atom is -0.341 e. The molecule has 0 bridgehead atoms. The summed E-state index contributed by atoms with van der Waals surface area (Å²) in [6.07, 6.45) is 2.83. The van der Waals surface area contributed by atoms with Gasteiger partial charge in [0.05, 0.1) is 0 Å². The third-order valence-corrected chi connectivity index (χ3v) is 3.28. The highest BCUT2D eigenvalue weighted by Crippen LogP contribution is 2.25. The van der Waals surface area contributed by atoms with E-state index in [0.717, 1.165) is 39.0 Å². The summed E-state index contributed by atoms with van der Waals surface area (Å²) < 4.78 is 0. The Morgan fingerprint density at radius 1 is 1.31 bits per heavy atom. The molecule has 1 rings (SSSR count). The Labute approximate surface area is 105 Å². The molecule has 0 spiro atoms. The number of hydrogen-bond donors (Lipinski definition) is 1. The summed E-state index contributed by atoms with van der Waals surface area (Å²) in [4.78, 5) is 14.0. The van der Waals surface area contributed by atoms with Crippen LogP contribution in [0.2, 0.25) is 0 Å². The molecule has 0 radical (unpaired) electrons. The van der Waals surface area contributed by atoms with Crippen molar-refractivity contribution in [2.24, 2.45) is 5.41 Å². The number of carbonyl (C=O) groups excluding carboxylic acids is 1. The van der Waals surface area contributed by atoms with Gasteiger partial charge < -0.3 is 10.2 Å². The van der Waals surface area contributed by atoms with Gasteiger partial charge >= 0.3 is 0 Å². The number of nitrogens with zero attached hydrogens (tertiary/aromatic N) is 1.